The van der Waals surface area contributed by atoms with E-state index >= 15 is 0 Å². The van der Waals surface area contributed by atoms with E-state index in [1.807, 2.05) is 0 Å². The van der Waals surface area contributed by atoms with Gasteiger partial charge in [0.05, 0.1) is 17.7 Å². The summed E-state index contributed by atoms with van der Waals surface area (Å²) in [5.74, 6) is -0.605. The van der Waals surface area contributed by atoms with E-state index < -0.39 is 41.4 Å². The van der Waals surface area contributed by atoms with E-state index in [1.54, 1.807) is 6.07 Å². The lowest BCUT2D eigenvalue weighted by atomic mass is 9.93. The predicted molar refractivity (Wildman–Crippen MR) is 135 cm³/mol. The number of thioether (sulfide) groups is 1. The van der Waals surface area contributed by atoms with Gasteiger partial charge in [-0.1, -0.05) is 6.07 Å². The molecule has 39 heavy (non-hydrogen) atoms. The molecule has 0 radical (unpaired) electrons. The number of rotatable bonds is 6. The molecule has 0 spiro atoms. The number of halogens is 3. The fraction of sp³-hybridized carbons (Fsp3) is 0.615. The molecule has 0 bridgehead atoms. The molecule has 1 aromatic rings. The summed E-state index contributed by atoms with van der Waals surface area (Å²) in [7, 11) is 0. The quantitative estimate of drug-likeness (QED) is 0.544. The summed E-state index contributed by atoms with van der Waals surface area (Å²) in [6.45, 7) is 1.72. The molecular weight excluding hydrogens is 535 g/mol. The van der Waals surface area contributed by atoms with Crippen molar-refractivity contribution in [2.24, 2.45) is 0 Å². The van der Waals surface area contributed by atoms with E-state index in [4.69, 9.17) is 0 Å². The number of likely N-dealkylation sites (tertiary alicyclic amines) is 3. The Morgan fingerprint density at radius 1 is 1.10 bits per heavy atom. The maximum absolute atomic E-state index is 13.8. The first kappa shape index (κ1) is 27.6. The Kier molecular flexibility index (Phi) is 7.45. The van der Waals surface area contributed by atoms with Crippen LogP contribution in [0, 0.1) is 11.3 Å². The molecule has 3 atom stereocenters. The highest BCUT2D eigenvalue weighted by atomic mass is 32.2. The summed E-state index contributed by atoms with van der Waals surface area (Å²) in [5, 5.41) is 21.2. The Labute approximate surface area is 228 Å². The van der Waals surface area contributed by atoms with E-state index in [2.05, 4.69) is 16.3 Å². The molecule has 1 aromatic carbocycles. The molecule has 4 aliphatic rings. The number of hydrogen-bond donors (Lipinski definition) is 2. The third kappa shape index (κ3) is 5.82. The maximum atomic E-state index is 13.8. The molecule has 1 saturated carbocycles. The van der Waals surface area contributed by atoms with E-state index in [0.717, 1.165) is 12.1 Å². The molecule has 1 aliphatic carbocycles. The van der Waals surface area contributed by atoms with Gasteiger partial charge >= 0.3 is 12.3 Å². The van der Waals surface area contributed by atoms with Gasteiger partial charge in [-0.2, -0.15) is 18.4 Å². The highest BCUT2D eigenvalue weighted by Gasteiger charge is 2.51. The molecule has 1 unspecified atom stereocenters. The predicted octanol–water partition coefficient (Wildman–Crippen LogP) is 3.16. The number of alkyl halides is 3. The third-order valence-electron chi connectivity index (χ3n) is 8.19. The summed E-state index contributed by atoms with van der Waals surface area (Å²) < 4.78 is 39.7. The second-order valence-corrected chi connectivity index (χ2v) is 12.1. The first-order chi connectivity index (χ1) is 18.5. The smallest absolute Gasteiger partial charge is 0.416 e. The minimum absolute atomic E-state index is 0.0711. The highest BCUT2D eigenvalue weighted by Crippen LogP contribution is 2.39. The van der Waals surface area contributed by atoms with Crippen molar-refractivity contribution in [1.82, 2.24) is 20.0 Å². The van der Waals surface area contributed by atoms with Gasteiger partial charge in [0.25, 0.3) is 0 Å². The number of carbonyl (C=O) groups is 3. The molecule has 210 valence electrons. The molecular formula is C26H30F3N5O4S. The number of nitrogens with one attached hydrogen (secondary N) is 1. The highest BCUT2D eigenvalue weighted by molar-refractivity contribution is 8.00. The van der Waals surface area contributed by atoms with Crippen molar-refractivity contribution in [3.05, 3.63) is 29.8 Å². The zero-order chi connectivity index (χ0) is 27.9. The number of nitriles is 1. The molecule has 5 rings (SSSR count). The minimum Gasteiger partial charge on any atom is -0.465 e. The zero-order valence-corrected chi connectivity index (χ0v) is 22.0. The molecule has 3 amide bonds. The molecule has 3 saturated heterocycles. The van der Waals surface area contributed by atoms with Crippen molar-refractivity contribution in [1.29, 1.82) is 5.26 Å². The average Bonchev–Trinajstić information content (AvgIpc) is 3.52. The lowest BCUT2D eigenvalue weighted by Gasteiger charge is -2.48. The largest absolute Gasteiger partial charge is 0.465 e. The summed E-state index contributed by atoms with van der Waals surface area (Å²) >= 11 is 1.22. The van der Waals surface area contributed by atoms with Crippen LogP contribution < -0.4 is 5.32 Å². The molecule has 9 nitrogen and oxygen atoms in total. The standard InChI is InChI=1S/C26H30F3N5O4S/c27-26(28,29)16-2-1-3-18(12-16)39-19-13-21(22(35)31-25(15-30)7-8-25)34(14-19)23(36)20-6-11-33(20)17-4-9-32(10-5-17)24(37)38/h1-3,12,17,19-21H,4-11,13-14H2,(H,31,35)(H,37,38)/t19-,20?,21+/m1/s1. The summed E-state index contributed by atoms with van der Waals surface area (Å²) in [5.41, 5.74) is -1.66. The topological polar surface area (TPSA) is 117 Å². The molecule has 13 heteroatoms. The van der Waals surface area contributed by atoms with Crippen molar-refractivity contribution in [2.75, 3.05) is 26.2 Å². The Morgan fingerprint density at radius 2 is 1.82 bits per heavy atom. The van der Waals surface area contributed by atoms with E-state index in [0.29, 0.717) is 56.6 Å². The molecule has 3 aliphatic heterocycles. The van der Waals surface area contributed by atoms with Gasteiger partial charge in [-0.3, -0.25) is 14.5 Å². The lowest BCUT2D eigenvalue weighted by molar-refractivity contribution is -0.148. The normalized spacial score (nSPS) is 27.0. The fourth-order valence-electron chi connectivity index (χ4n) is 5.71. The van der Waals surface area contributed by atoms with Crippen LogP contribution in [0.15, 0.2) is 29.2 Å². The van der Waals surface area contributed by atoms with Crippen LogP contribution in [0.2, 0.25) is 0 Å². The Balaban J connectivity index is 1.29. The van der Waals surface area contributed by atoms with Crippen LogP contribution in [-0.2, 0) is 15.8 Å². The number of piperidine rings is 1. The van der Waals surface area contributed by atoms with Gasteiger partial charge in [0.2, 0.25) is 11.8 Å². The van der Waals surface area contributed by atoms with Crippen LogP contribution in [-0.4, -0.2) is 92.8 Å². The average molecular weight is 566 g/mol. The van der Waals surface area contributed by atoms with E-state index in [1.165, 1.54) is 27.6 Å². The van der Waals surface area contributed by atoms with Crippen LogP contribution in [0.4, 0.5) is 18.0 Å². The van der Waals surface area contributed by atoms with Crippen LogP contribution >= 0.6 is 11.8 Å². The van der Waals surface area contributed by atoms with Crippen molar-refractivity contribution in [3.8, 4) is 6.07 Å². The second-order valence-electron chi connectivity index (χ2n) is 10.7. The fourth-order valence-corrected chi connectivity index (χ4v) is 6.96. The second kappa shape index (κ2) is 10.5. The summed E-state index contributed by atoms with van der Waals surface area (Å²) in [6, 6.07) is 5.98. The van der Waals surface area contributed by atoms with Crippen LogP contribution in [0.25, 0.3) is 0 Å². The van der Waals surface area contributed by atoms with Crippen LogP contribution in [0.3, 0.4) is 0 Å². The number of benzene rings is 1. The molecule has 3 heterocycles. The van der Waals surface area contributed by atoms with Gasteiger partial charge in [0.1, 0.15) is 11.6 Å². The van der Waals surface area contributed by atoms with Crippen molar-refractivity contribution in [2.45, 2.75) is 78.5 Å². The molecule has 2 N–H and O–H groups in total. The minimum atomic E-state index is -4.47. The van der Waals surface area contributed by atoms with Crippen LogP contribution in [0.1, 0.15) is 44.1 Å². The van der Waals surface area contributed by atoms with Gasteiger partial charge in [-0.25, -0.2) is 4.79 Å². The summed E-state index contributed by atoms with van der Waals surface area (Å²) in [4.78, 5) is 43.7. The first-order valence-corrected chi connectivity index (χ1v) is 14.0. The van der Waals surface area contributed by atoms with Gasteiger partial charge in [0.15, 0.2) is 0 Å². The number of nitrogens with zero attached hydrogens (tertiary/aromatic N) is 4. The van der Waals surface area contributed by atoms with Gasteiger partial charge in [-0.05, 0) is 56.7 Å². The van der Waals surface area contributed by atoms with Crippen molar-refractivity contribution >= 4 is 29.7 Å². The van der Waals surface area contributed by atoms with E-state index in [9.17, 15) is 37.9 Å². The molecule has 0 aromatic heterocycles. The van der Waals surface area contributed by atoms with Crippen molar-refractivity contribution < 1.29 is 32.7 Å². The number of amides is 3. The van der Waals surface area contributed by atoms with Gasteiger partial charge < -0.3 is 20.2 Å². The third-order valence-corrected chi connectivity index (χ3v) is 9.39. The lowest BCUT2D eigenvalue weighted by Crippen LogP contribution is -2.63. The van der Waals surface area contributed by atoms with Gasteiger partial charge in [-0.15, -0.1) is 11.8 Å². The molecule has 4 fully saturated rings. The number of hydrogen-bond acceptors (Lipinski definition) is 6. The van der Waals surface area contributed by atoms with E-state index in [-0.39, 0.29) is 30.2 Å². The Hall–Kier alpha value is -2.98. The number of carboxylic acid groups (broad SMARTS) is 1. The zero-order valence-electron chi connectivity index (χ0n) is 21.2. The van der Waals surface area contributed by atoms with Crippen LogP contribution in [0.5, 0.6) is 0 Å². The maximum Gasteiger partial charge on any atom is 0.416 e. The Bertz CT molecular complexity index is 1180. The number of carbonyl (C=O) groups excluding carboxylic acids is 2. The first-order valence-electron chi connectivity index (χ1n) is 13.1. The SMILES string of the molecule is N#CC1(NC(=O)[C@@H]2C[C@@H](Sc3cccc(C(F)(F)F)c3)CN2C(=O)C2CCN2C2CCN(C(=O)O)CC2)CC1. The summed E-state index contributed by atoms with van der Waals surface area (Å²) in [6.07, 6.45) is -2.20. The monoisotopic (exact) mass is 565 g/mol. The van der Waals surface area contributed by atoms with Gasteiger partial charge in [0, 0.05) is 42.4 Å². The Morgan fingerprint density at radius 3 is 2.38 bits per heavy atom. The van der Waals surface area contributed by atoms with Crippen molar-refractivity contribution in [3.63, 3.8) is 0 Å².